The molecule has 0 bridgehead atoms. The van der Waals surface area contributed by atoms with Gasteiger partial charge in [0, 0.05) is 16.7 Å². The van der Waals surface area contributed by atoms with E-state index in [-0.39, 0.29) is 0 Å². The van der Waals surface area contributed by atoms with Gasteiger partial charge in [-0.05, 0) is 36.4 Å². The quantitative estimate of drug-likeness (QED) is 0.599. The van der Waals surface area contributed by atoms with E-state index in [1.54, 1.807) is 48.5 Å². The first kappa shape index (κ1) is 12.9. The van der Waals surface area contributed by atoms with Gasteiger partial charge in [0.2, 0.25) is 0 Å². The van der Waals surface area contributed by atoms with Crippen molar-refractivity contribution in [2.45, 2.75) is 6.29 Å². The molecule has 0 radical (unpaired) electrons. The van der Waals surface area contributed by atoms with Gasteiger partial charge < -0.3 is 10.2 Å². The second-order valence-electron chi connectivity index (χ2n) is 3.93. The van der Waals surface area contributed by atoms with E-state index in [9.17, 15) is 0 Å². The Bertz CT molecular complexity index is 653. The molecule has 19 heavy (non-hydrogen) atoms. The van der Waals surface area contributed by atoms with Crippen molar-refractivity contribution < 1.29 is 10.2 Å². The van der Waals surface area contributed by atoms with E-state index in [2.05, 4.69) is 11.8 Å². The van der Waals surface area contributed by atoms with Crippen molar-refractivity contribution in [2.75, 3.05) is 0 Å². The zero-order valence-corrected chi connectivity index (χ0v) is 10.0. The van der Waals surface area contributed by atoms with Gasteiger partial charge in [-0.2, -0.15) is 5.26 Å². The fraction of sp³-hybridized carbons (Fsp3) is 0.0625. The molecule has 0 unspecified atom stereocenters. The zero-order chi connectivity index (χ0) is 13.7. The molecule has 0 aromatic heterocycles. The van der Waals surface area contributed by atoms with Crippen LogP contribution in [0.1, 0.15) is 28.5 Å². The number of aliphatic hydroxyl groups excluding tert-OH is 1. The SMILES string of the molecule is N#Cc1ccc(C#Cc2ccc(C(O)O)cc2)cc1. The monoisotopic (exact) mass is 249 g/mol. The number of aliphatic hydroxyl groups is 2. The van der Waals surface area contributed by atoms with E-state index in [1.165, 1.54) is 0 Å². The van der Waals surface area contributed by atoms with E-state index in [0.717, 1.165) is 11.1 Å². The molecule has 0 spiro atoms. The molecule has 2 aromatic rings. The molecule has 3 heteroatoms. The largest absolute Gasteiger partial charge is 0.364 e. The third-order valence-corrected chi connectivity index (χ3v) is 2.57. The van der Waals surface area contributed by atoms with Gasteiger partial charge >= 0.3 is 0 Å². The summed E-state index contributed by atoms with van der Waals surface area (Å²) < 4.78 is 0. The highest BCUT2D eigenvalue weighted by atomic mass is 16.5. The molecule has 92 valence electrons. The molecule has 2 aromatic carbocycles. The smallest absolute Gasteiger partial charge is 0.178 e. The highest BCUT2D eigenvalue weighted by Crippen LogP contribution is 2.10. The van der Waals surface area contributed by atoms with Crippen molar-refractivity contribution in [1.29, 1.82) is 5.26 Å². The zero-order valence-electron chi connectivity index (χ0n) is 10.0. The lowest BCUT2D eigenvalue weighted by atomic mass is 10.1. The fourth-order valence-corrected chi connectivity index (χ4v) is 1.51. The molecule has 0 aliphatic heterocycles. The normalized spacial score (nSPS) is 9.58. The Morgan fingerprint density at radius 2 is 1.16 bits per heavy atom. The van der Waals surface area contributed by atoms with Crippen molar-refractivity contribution >= 4 is 0 Å². The summed E-state index contributed by atoms with van der Waals surface area (Å²) in [7, 11) is 0. The third kappa shape index (κ3) is 3.43. The third-order valence-electron chi connectivity index (χ3n) is 2.57. The van der Waals surface area contributed by atoms with Crippen molar-refractivity contribution in [3.05, 3.63) is 70.8 Å². The lowest BCUT2D eigenvalue weighted by Crippen LogP contribution is -1.93. The van der Waals surface area contributed by atoms with Gasteiger partial charge in [0.1, 0.15) is 0 Å². The summed E-state index contributed by atoms with van der Waals surface area (Å²) in [6.45, 7) is 0. The summed E-state index contributed by atoms with van der Waals surface area (Å²) in [6, 6.07) is 15.8. The predicted molar refractivity (Wildman–Crippen MR) is 70.8 cm³/mol. The van der Waals surface area contributed by atoms with Crippen LogP contribution in [0.5, 0.6) is 0 Å². The maximum atomic E-state index is 8.97. The van der Waals surface area contributed by atoms with Crippen LogP contribution >= 0.6 is 0 Å². The predicted octanol–water partition coefficient (Wildman–Crippen LogP) is 1.94. The second-order valence-corrected chi connectivity index (χ2v) is 3.93. The lowest BCUT2D eigenvalue weighted by Gasteiger charge is -2.02. The number of nitriles is 1. The first-order valence-electron chi connectivity index (χ1n) is 5.67. The van der Waals surface area contributed by atoms with Crippen LogP contribution in [0.15, 0.2) is 48.5 Å². The summed E-state index contributed by atoms with van der Waals surface area (Å²) in [5.74, 6) is 5.94. The Morgan fingerprint density at radius 1 is 0.737 bits per heavy atom. The topological polar surface area (TPSA) is 64.2 Å². The molecule has 0 aliphatic carbocycles. The minimum atomic E-state index is -1.46. The van der Waals surface area contributed by atoms with Gasteiger partial charge in [0.05, 0.1) is 11.6 Å². The van der Waals surface area contributed by atoms with Crippen LogP contribution < -0.4 is 0 Å². The van der Waals surface area contributed by atoms with Crippen LogP contribution in [-0.4, -0.2) is 10.2 Å². The first-order valence-corrected chi connectivity index (χ1v) is 5.67. The van der Waals surface area contributed by atoms with Crippen LogP contribution in [0.3, 0.4) is 0 Å². The highest BCUT2D eigenvalue weighted by Gasteiger charge is 2.00. The lowest BCUT2D eigenvalue weighted by molar-refractivity contribution is -0.0424. The van der Waals surface area contributed by atoms with E-state index in [1.807, 2.05) is 6.07 Å². The average Bonchev–Trinajstić information content (AvgIpc) is 2.46. The number of rotatable bonds is 1. The average molecular weight is 249 g/mol. The highest BCUT2D eigenvalue weighted by molar-refractivity contribution is 5.45. The van der Waals surface area contributed by atoms with Gasteiger partial charge in [-0.25, -0.2) is 0 Å². The second kappa shape index (κ2) is 5.84. The Kier molecular flexibility index (Phi) is 3.95. The van der Waals surface area contributed by atoms with Gasteiger partial charge in [0.25, 0.3) is 0 Å². The molecule has 0 saturated heterocycles. The Hall–Kier alpha value is -2.59. The standard InChI is InChI=1S/C16H11NO2/c17-11-14-5-3-12(4-6-14)1-2-13-7-9-15(10-8-13)16(18)19/h3-10,16,18-19H. The summed E-state index contributed by atoms with van der Waals surface area (Å²) in [4.78, 5) is 0. The van der Waals surface area contributed by atoms with Crippen molar-refractivity contribution in [3.8, 4) is 17.9 Å². The van der Waals surface area contributed by atoms with Gasteiger partial charge in [0.15, 0.2) is 6.29 Å². The van der Waals surface area contributed by atoms with E-state index < -0.39 is 6.29 Å². The van der Waals surface area contributed by atoms with E-state index in [0.29, 0.717) is 11.1 Å². The van der Waals surface area contributed by atoms with Gasteiger partial charge in [-0.15, -0.1) is 0 Å². The maximum Gasteiger partial charge on any atom is 0.178 e. The number of hydrogen-bond donors (Lipinski definition) is 2. The fourth-order valence-electron chi connectivity index (χ4n) is 1.51. The Balaban J connectivity index is 2.17. The molecule has 0 atom stereocenters. The molecule has 2 rings (SSSR count). The molecular formula is C16H11NO2. The number of benzene rings is 2. The van der Waals surface area contributed by atoms with Crippen LogP contribution in [0, 0.1) is 23.2 Å². The minimum Gasteiger partial charge on any atom is -0.364 e. The summed E-state index contributed by atoms with van der Waals surface area (Å²) in [6.07, 6.45) is -1.46. The van der Waals surface area contributed by atoms with Crippen molar-refractivity contribution in [1.82, 2.24) is 0 Å². The minimum absolute atomic E-state index is 0.434. The maximum absolute atomic E-state index is 8.97. The molecule has 0 saturated carbocycles. The van der Waals surface area contributed by atoms with Gasteiger partial charge in [-0.1, -0.05) is 24.0 Å². The van der Waals surface area contributed by atoms with Crippen molar-refractivity contribution in [2.24, 2.45) is 0 Å². The molecule has 0 heterocycles. The van der Waals surface area contributed by atoms with Crippen LogP contribution in [0.4, 0.5) is 0 Å². The van der Waals surface area contributed by atoms with Crippen molar-refractivity contribution in [3.63, 3.8) is 0 Å². The molecular weight excluding hydrogens is 238 g/mol. The molecule has 2 N–H and O–H groups in total. The van der Waals surface area contributed by atoms with Crippen LogP contribution in [0.2, 0.25) is 0 Å². The summed E-state index contributed by atoms with van der Waals surface area (Å²) >= 11 is 0. The molecule has 3 nitrogen and oxygen atoms in total. The van der Waals surface area contributed by atoms with E-state index in [4.69, 9.17) is 15.5 Å². The molecule has 0 amide bonds. The Morgan fingerprint density at radius 3 is 1.58 bits per heavy atom. The number of nitrogens with zero attached hydrogens (tertiary/aromatic N) is 1. The molecule has 0 aliphatic rings. The number of hydrogen-bond acceptors (Lipinski definition) is 3. The summed E-state index contributed by atoms with van der Waals surface area (Å²) in [5.41, 5.74) is 2.65. The summed E-state index contributed by atoms with van der Waals surface area (Å²) in [5, 5.41) is 26.6. The van der Waals surface area contributed by atoms with Crippen LogP contribution in [-0.2, 0) is 0 Å². The van der Waals surface area contributed by atoms with Crippen LogP contribution in [0.25, 0.3) is 0 Å². The Labute approximate surface area is 111 Å². The van der Waals surface area contributed by atoms with Gasteiger partial charge in [-0.3, -0.25) is 0 Å². The van der Waals surface area contributed by atoms with E-state index >= 15 is 0 Å². The first-order chi connectivity index (χ1) is 9.19. The molecule has 0 fully saturated rings.